The molecule has 122 valence electrons. The first kappa shape index (κ1) is 15.6. The van der Waals surface area contributed by atoms with E-state index in [4.69, 9.17) is 9.56 Å². The van der Waals surface area contributed by atoms with Crippen LogP contribution in [0.5, 0.6) is 0 Å². The van der Waals surface area contributed by atoms with Crippen LogP contribution in [0, 0.1) is 0 Å². The van der Waals surface area contributed by atoms with Gasteiger partial charge in [-0.25, -0.2) is 13.6 Å². The van der Waals surface area contributed by atoms with Crippen LogP contribution in [0.15, 0.2) is 46.1 Å². The Labute approximate surface area is 134 Å². The van der Waals surface area contributed by atoms with Gasteiger partial charge in [0.2, 0.25) is 5.09 Å². The van der Waals surface area contributed by atoms with Crippen molar-refractivity contribution in [1.29, 1.82) is 0 Å². The third-order valence-electron chi connectivity index (χ3n) is 3.72. The lowest BCUT2D eigenvalue weighted by Crippen LogP contribution is -2.21. The fourth-order valence-electron chi connectivity index (χ4n) is 2.59. The fourth-order valence-corrected chi connectivity index (χ4v) is 3.07. The Hall–Kier alpha value is -2.32. The lowest BCUT2D eigenvalue weighted by Gasteiger charge is -2.21. The average Bonchev–Trinajstić information content (AvgIpc) is 3.19. The molecule has 0 atom stereocenters. The Bertz CT molecular complexity index is 823. The highest BCUT2D eigenvalue weighted by molar-refractivity contribution is 7.89. The Morgan fingerprint density at radius 2 is 1.91 bits per heavy atom. The smallest absolute Gasteiger partial charge is 0.271 e. The number of rotatable bonds is 4. The predicted octanol–water partition coefficient (Wildman–Crippen LogP) is 1.78. The number of carbonyl (C=O) groups is 1. The predicted molar refractivity (Wildman–Crippen MR) is 85.9 cm³/mol. The van der Waals surface area contributed by atoms with Gasteiger partial charge in [0.05, 0.1) is 16.9 Å². The van der Waals surface area contributed by atoms with Crippen molar-refractivity contribution in [3.8, 4) is 0 Å². The van der Waals surface area contributed by atoms with Crippen LogP contribution in [-0.4, -0.2) is 27.4 Å². The SMILES string of the molecule is NS(=O)(=O)c1cc(C(=O)Nc2ccccc2N2CCCC2)co1. The fraction of sp³-hybridized carbons (Fsp3) is 0.267. The summed E-state index contributed by atoms with van der Waals surface area (Å²) >= 11 is 0. The summed E-state index contributed by atoms with van der Waals surface area (Å²) in [6, 6.07) is 8.63. The summed E-state index contributed by atoms with van der Waals surface area (Å²) in [5.41, 5.74) is 1.73. The zero-order chi connectivity index (χ0) is 16.4. The molecule has 0 aliphatic carbocycles. The first-order chi connectivity index (χ1) is 10.9. The second-order valence-electron chi connectivity index (χ2n) is 5.36. The van der Waals surface area contributed by atoms with E-state index in [0.29, 0.717) is 5.69 Å². The topological polar surface area (TPSA) is 106 Å². The molecule has 0 saturated carbocycles. The molecule has 1 aliphatic rings. The minimum atomic E-state index is -3.96. The quantitative estimate of drug-likeness (QED) is 0.886. The van der Waals surface area contributed by atoms with E-state index >= 15 is 0 Å². The van der Waals surface area contributed by atoms with E-state index < -0.39 is 21.0 Å². The molecule has 1 aromatic carbocycles. The van der Waals surface area contributed by atoms with E-state index in [9.17, 15) is 13.2 Å². The zero-order valence-electron chi connectivity index (χ0n) is 12.4. The summed E-state index contributed by atoms with van der Waals surface area (Å²) in [4.78, 5) is 14.5. The number of nitrogens with two attached hydrogens (primary N) is 1. The van der Waals surface area contributed by atoms with E-state index in [-0.39, 0.29) is 5.56 Å². The number of nitrogens with zero attached hydrogens (tertiary/aromatic N) is 1. The largest absolute Gasteiger partial charge is 0.451 e. The minimum Gasteiger partial charge on any atom is -0.451 e. The van der Waals surface area contributed by atoms with Crippen LogP contribution in [0.1, 0.15) is 23.2 Å². The number of sulfonamides is 1. The summed E-state index contributed by atoms with van der Waals surface area (Å²) in [5, 5.41) is 7.33. The molecule has 1 saturated heterocycles. The van der Waals surface area contributed by atoms with Crippen LogP contribution >= 0.6 is 0 Å². The van der Waals surface area contributed by atoms with Gasteiger partial charge in [0.1, 0.15) is 6.26 Å². The molecule has 0 radical (unpaired) electrons. The molecular weight excluding hydrogens is 318 g/mol. The van der Waals surface area contributed by atoms with Crippen LogP contribution in [0.4, 0.5) is 11.4 Å². The summed E-state index contributed by atoms with van der Waals surface area (Å²) in [5.74, 6) is -0.449. The van der Waals surface area contributed by atoms with Crippen molar-refractivity contribution in [2.24, 2.45) is 5.14 Å². The first-order valence-corrected chi connectivity index (χ1v) is 8.76. The van der Waals surface area contributed by atoms with Crippen LogP contribution in [0.3, 0.4) is 0 Å². The second kappa shape index (κ2) is 6.05. The van der Waals surface area contributed by atoms with Gasteiger partial charge in [-0.2, -0.15) is 0 Å². The number of nitrogens with one attached hydrogen (secondary N) is 1. The van der Waals surface area contributed by atoms with E-state index in [2.05, 4.69) is 10.2 Å². The number of carbonyl (C=O) groups excluding carboxylic acids is 1. The standard InChI is InChI=1S/C15H17N3O4S/c16-23(20,21)14-9-11(10-22-14)15(19)17-12-5-1-2-6-13(12)18-7-3-4-8-18/h1-2,5-6,9-10H,3-4,7-8H2,(H,17,19)(H2,16,20,21). The Balaban J connectivity index is 1.82. The molecule has 3 rings (SSSR count). The number of furan rings is 1. The molecule has 2 aromatic rings. The maximum atomic E-state index is 12.3. The normalized spacial score (nSPS) is 14.9. The number of para-hydroxylation sites is 2. The van der Waals surface area contributed by atoms with Crippen molar-refractivity contribution in [2.75, 3.05) is 23.3 Å². The van der Waals surface area contributed by atoms with Gasteiger partial charge in [-0.05, 0) is 25.0 Å². The lowest BCUT2D eigenvalue weighted by molar-refractivity contribution is 0.102. The molecule has 1 aliphatic heterocycles. The van der Waals surface area contributed by atoms with Crippen molar-refractivity contribution in [1.82, 2.24) is 0 Å². The van der Waals surface area contributed by atoms with Crippen LogP contribution in [-0.2, 0) is 10.0 Å². The molecule has 1 aromatic heterocycles. The van der Waals surface area contributed by atoms with Crippen molar-refractivity contribution in [3.05, 3.63) is 42.2 Å². The van der Waals surface area contributed by atoms with E-state index in [1.807, 2.05) is 24.3 Å². The van der Waals surface area contributed by atoms with Gasteiger partial charge in [0.15, 0.2) is 0 Å². The van der Waals surface area contributed by atoms with Gasteiger partial charge in [-0.15, -0.1) is 0 Å². The number of hydrogen-bond acceptors (Lipinski definition) is 5. The maximum absolute atomic E-state index is 12.3. The van der Waals surface area contributed by atoms with Crippen LogP contribution < -0.4 is 15.4 Å². The molecule has 0 unspecified atom stereocenters. The Morgan fingerprint density at radius 1 is 1.22 bits per heavy atom. The van der Waals surface area contributed by atoms with Crippen LogP contribution in [0.25, 0.3) is 0 Å². The van der Waals surface area contributed by atoms with Gasteiger partial charge in [0.25, 0.3) is 15.9 Å². The van der Waals surface area contributed by atoms with Crippen molar-refractivity contribution in [3.63, 3.8) is 0 Å². The highest BCUT2D eigenvalue weighted by Crippen LogP contribution is 2.29. The monoisotopic (exact) mass is 335 g/mol. The molecule has 1 amide bonds. The number of amides is 1. The van der Waals surface area contributed by atoms with Crippen molar-refractivity contribution < 1.29 is 17.6 Å². The highest BCUT2D eigenvalue weighted by atomic mass is 32.2. The summed E-state index contributed by atoms with van der Waals surface area (Å²) < 4.78 is 27.2. The first-order valence-electron chi connectivity index (χ1n) is 7.22. The third kappa shape index (κ3) is 3.38. The molecule has 23 heavy (non-hydrogen) atoms. The zero-order valence-corrected chi connectivity index (χ0v) is 13.2. The molecule has 7 nitrogen and oxygen atoms in total. The van der Waals surface area contributed by atoms with Gasteiger partial charge >= 0.3 is 0 Å². The van der Waals surface area contributed by atoms with Gasteiger partial charge in [-0.3, -0.25) is 4.79 Å². The molecule has 0 spiro atoms. The van der Waals surface area contributed by atoms with Crippen molar-refractivity contribution >= 4 is 27.3 Å². The molecule has 1 fully saturated rings. The summed E-state index contributed by atoms with van der Waals surface area (Å²) in [6.45, 7) is 1.91. The Kier molecular flexibility index (Phi) is 4.10. The van der Waals surface area contributed by atoms with E-state index in [1.165, 1.54) is 0 Å². The molecule has 2 heterocycles. The minimum absolute atomic E-state index is 0.102. The second-order valence-corrected chi connectivity index (χ2v) is 6.86. The van der Waals surface area contributed by atoms with Crippen molar-refractivity contribution in [2.45, 2.75) is 17.9 Å². The molecular formula is C15H17N3O4S. The number of benzene rings is 1. The third-order valence-corrected chi connectivity index (χ3v) is 4.49. The summed E-state index contributed by atoms with van der Waals surface area (Å²) in [6.07, 6.45) is 3.33. The van der Waals surface area contributed by atoms with Gasteiger partial charge in [0, 0.05) is 19.2 Å². The van der Waals surface area contributed by atoms with Crippen LogP contribution in [0.2, 0.25) is 0 Å². The lowest BCUT2D eigenvalue weighted by atomic mass is 10.2. The van der Waals surface area contributed by atoms with E-state index in [0.717, 1.165) is 43.9 Å². The van der Waals surface area contributed by atoms with Gasteiger partial charge in [-0.1, -0.05) is 12.1 Å². The average molecular weight is 335 g/mol. The number of hydrogen-bond donors (Lipinski definition) is 2. The number of primary sulfonamides is 1. The maximum Gasteiger partial charge on any atom is 0.271 e. The number of anilines is 2. The highest BCUT2D eigenvalue weighted by Gasteiger charge is 2.20. The summed E-state index contributed by atoms with van der Waals surface area (Å²) in [7, 11) is -3.96. The molecule has 0 bridgehead atoms. The molecule has 8 heteroatoms. The Morgan fingerprint density at radius 3 is 2.57 bits per heavy atom. The van der Waals surface area contributed by atoms with Gasteiger partial charge < -0.3 is 14.6 Å². The molecule has 3 N–H and O–H groups in total. The van der Waals surface area contributed by atoms with E-state index in [1.54, 1.807) is 0 Å².